The number of amides is 1. The number of ether oxygens (including phenoxy) is 2. The predicted octanol–water partition coefficient (Wildman–Crippen LogP) is 16.7. The average molecular weight is 1080 g/mol. The number of carbonyl (C=O) groups excluding carboxylic acids is 1. The minimum atomic E-state index is -1.57. The van der Waals surface area contributed by atoms with Crippen LogP contribution in [0.15, 0.2) is 97.2 Å². The van der Waals surface area contributed by atoms with Crippen molar-refractivity contribution in [3.8, 4) is 0 Å². The van der Waals surface area contributed by atoms with Crippen LogP contribution in [0.2, 0.25) is 0 Å². The van der Waals surface area contributed by atoms with E-state index in [2.05, 4.69) is 116 Å². The lowest BCUT2D eigenvalue weighted by atomic mass is 9.99. The first kappa shape index (κ1) is 72.1. The first-order chi connectivity index (χ1) is 37.8. The van der Waals surface area contributed by atoms with Gasteiger partial charge in [-0.05, 0) is 77.0 Å². The fourth-order valence-corrected chi connectivity index (χ4v) is 9.71. The van der Waals surface area contributed by atoms with Crippen LogP contribution in [0.1, 0.15) is 271 Å². The van der Waals surface area contributed by atoms with Crippen LogP contribution >= 0.6 is 0 Å². The summed E-state index contributed by atoms with van der Waals surface area (Å²) >= 11 is 0. The molecule has 444 valence electrons. The lowest BCUT2D eigenvalue weighted by molar-refractivity contribution is -0.302. The highest BCUT2D eigenvalue weighted by Crippen LogP contribution is 2.23. The predicted molar refractivity (Wildman–Crippen MR) is 327 cm³/mol. The Labute approximate surface area is 473 Å². The van der Waals surface area contributed by atoms with Crippen LogP contribution in [0.25, 0.3) is 0 Å². The highest BCUT2D eigenvalue weighted by Gasteiger charge is 2.44. The standard InChI is InChI=1S/C68H119NO8/c1-3-5-7-9-11-13-15-17-19-21-23-25-27-29-31-33-35-37-39-41-43-45-47-49-51-53-55-57-62(71)61(60-76-68-67(75)66(74)65(73)63(59-70)77-68)69-64(72)58-56-54-52-50-48-46-44-42-40-38-36-34-32-30-28-26-24-22-20-18-16-14-12-10-8-6-4-2/h6,8,12,14,18,20,24,26,30,32,36,38,42,44,48,50,61-63,65-68,70-71,73-75H,3-5,7,9-11,13,15-17,19,21-23,25,27-29,31,33-35,37,39-41,43,45-47,49,51-60H2,1-2H3,(H,69,72)/b8-6-,14-12-,20-18-,26-24-,32-30-,38-36-,44-42-,50-48-. The van der Waals surface area contributed by atoms with Gasteiger partial charge >= 0.3 is 0 Å². The van der Waals surface area contributed by atoms with Gasteiger partial charge in [-0.25, -0.2) is 0 Å². The third kappa shape index (κ3) is 45.5. The molecule has 0 aliphatic carbocycles. The fourth-order valence-electron chi connectivity index (χ4n) is 9.71. The van der Waals surface area contributed by atoms with E-state index < -0.39 is 49.5 Å². The minimum Gasteiger partial charge on any atom is -0.394 e. The van der Waals surface area contributed by atoms with Gasteiger partial charge in [0, 0.05) is 6.42 Å². The number of aliphatic hydroxyl groups is 5. The molecule has 0 aromatic rings. The molecule has 0 radical (unpaired) electrons. The van der Waals surface area contributed by atoms with E-state index >= 15 is 0 Å². The zero-order valence-corrected chi connectivity index (χ0v) is 49.4. The largest absolute Gasteiger partial charge is 0.394 e. The molecule has 0 aromatic heterocycles. The molecule has 0 aromatic carbocycles. The number of hydrogen-bond acceptors (Lipinski definition) is 8. The first-order valence-electron chi connectivity index (χ1n) is 31.9. The average Bonchev–Trinajstić information content (AvgIpc) is 3.43. The lowest BCUT2D eigenvalue weighted by Crippen LogP contribution is -2.60. The maximum atomic E-state index is 13.1. The van der Waals surface area contributed by atoms with Crippen molar-refractivity contribution < 1.29 is 39.8 Å². The Balaban J connectivity index is 2.22. The Morgan fingerprint density at radius 3 is 1.17 bits per heavy atom. The molecular formula is C68H119NO8. The Kier molecular flexibility index (Phi) is 52.8. The number of hydrogen-bond donors (Lipinski definition) is 6. The van der Waals surface area contributed by atoms with E-state index in [4.69, 9.17) is 9.47 Å². The molecule has 0 bridgehead atoms. The van der Waals surface area contributed by atoms with Gasteiger partial charge in [-0.15, -0.1) is 0 Å². The summed E-state index contributed by atoms with van der Waals surface area (Å²) < 4.78 is 11.3. The van der Waals surface area contributed by atoms with Gasteiger partial charge in [0.15, 0.2) is 6.29 Å². The van der Waals surface area contributed by atoms with Gasteiger partial charge < -0.3 is 40.3 Å². The number of nitrogens with one attached hydrogen (secondary N) is 1. The second-order valence-corrected chi connectivity index (χ2v) is 21.8. The summed E-state index contributed by atoms with van der Waals surface area (Å²) in [6.45, 7) is 3.72. The zero-order valence-electron chi connectivity index (χ0n) is 49.4. The molecule has 0 spiro atoms. The monoisotopic (exact) mass is 1080 g/mol. The van der Waals surface area contributed by atoms with E-state index in [1.807, 2.05) is 0 Å². The number of rotatable bonds is 54. The summed E-state index contributed by atoms with van der Waals surface area (Å²) in [5, 5.41) is 54.8. The van der Waals surface area contributed by atoms with Crippen molar-refractivity contribution in [3.63, 3.8) is 0 Å². The third-order valence-electron chi connectivity index (χ3n) is 14.7. The van der Waals surface area contributed by atoms with Gasteiger partial charge in [0.25, 0.3) is 0 Å². The van der Waals surface area contributed by atoms with Crippen molar-refractivity contribution in [1.29, 1.82) is 0 Å². The Morgan fingerprint density at radius 2 is 0.805 bits per heavy atom. The van der Waals surface area contributed by atoms with Crippen molar-refractivity contribution >= 4 is 5.91 Å². The van der Waals surface area contributed by atoms with Crippen molar-refractivity contribution in [1.82, 2.24) is 5.32 Å². The molecule has 1 heterocycles. The van der Waals surface area contributed by atoms with Crippen molar-refractivity contribution in [2.24, 2.45) is 0 Å². The van der Waals surface area contributed by atoms with Crippen molar-refractivity contribution in [3.05, 3.63) is 97.2 Å². The highest BCUT2D eigenvalue weighted by atomic mass is 16.7. The van der Waals surface area contributed by atoms with Gasteiger partial charge in [-0.3, -0.25) is 4.79 Å². The van der Waals surface area contributed by atoms with Crippen LogP contribution < -0.4 is 5.32 Å². The lowest BCUT2D eigenvalue weighted by Gasteiger charge is -2.40. The van der Waals surface area contributed by atoms with E-state index in [1.54, 1.807) is 0 Å². The molecule has 1 fully saturated rings. The number of carbonyl (C=O) groups is 1. The highest BCUT2D eigenvalue weighted by molar-refractivity contribution is 5.76. The molecule has 9 nitrogen and oxygen atoms in total. The molecular weight excluding hydrogens is 959 g/mol. The van der Waals surface area contributed by atoms with E-state index in [0.29, 0.717) is 19.3 Å². The summed E-state index contributed by atoms with van der Waals surface area (Å²) in [7, 11) is 0. The molecule has 9 heteroatoms. The smallest absolute Gasteiger partial charge is 0.220 e. The number of unbranched alkanes of at least 4 members (excludes halogenated alkanes) is 28. The molecule has 1 rings (SSSR count). The molecule has 0 saturated carbocycles. The maximum Gasteiger partial charge on any atom is 0.220 e. The van der Waals surface area contributed by atoms with E-state index in [9.17, 15) is 30.3 Å². The molecule has 7 unspecified atom stereocenters. The van der Waals surface area contributed by atoms with Gasteiger partial charge in [-0.1, -0.05) is 284 Å². The Bertz CT molecular complexity index is 1530. The quantitative estimate of drug-likeness (QED) is 0.0261. The van der Waals surface area contributed by atoms with Crippen molar-refractivity contribution in [2.45, 2.75) is 314 Å². The molecule has 1 aliphatic rings. The topological polar surface area (TPSA) is 149 Å². The summed E-state index contributed by atoms with van der Waals surface area (Å²) in [4.78, 5) is 13.1. The summed E-state index contributed by atoms with van der Waals surface area (Å²) in [6.07, 6.45) is 74.5. The van der Waals surface area contributed by atoms with Crippen LogP contribution in [0.5, 0.6) is 0 Å². The molecule has 6 N–H and O–H groups in total. The SMILES string of the molecule is CC/C=C\C/C=C\C/C=C\C/C=C\C/C=C\C/C=C\C/C=C\C/C=C\CCCCC(=O)NC(COC1OC(CO)C(O)C(O)C1O)C(O)CCCCCCCCCCCCCCCCCCCCCCCCCCCCC. The second kappa shape index (κ2) is 56.4. The van der Waals surface area contributed by atoms with Gasteiger partial charge in [0.2, 0.25) is 5.91 Å². The van der Waals surface area contributed by atoms with Crippen LogP contribution in [-0.2, 0) is 14.3 Å². The minimum absolute atomic E-state index is 0.161. The molecule has 1 amide bonds. The van der Waals surface area contributed by atoms with Crippen molar-refractivity contribution in [2.75, 3.05) is 13.2 Å². The van der Waals surface area contributed by atoms with Crippen LogP contribution in [-0.4, -0.2) is 87.5 Å². The van der Waals surface area contributed by atoms with E-state index in [-0.39, 0.29) is 12.5 Å². The zero-order chi connectivity index (χ0) is 55.8. The van der Waals surface area contributed by atoms with E-state index in [1.165, 1.54) is 154 Å². The normalized spacial score (nSPS) is 19.4. The first-order valence-corrected chi connectivity index (χ1v) is 31.9. The maximum absolute atomic E-state index is 13.1. The van der Waals surface area contributed by atoms with Gasteiger partial charge in [-0.2, -0.15) is 0 Å². The van der Waals surface area contributed by atoms with E-state index in [0.717, 1.165) is 83.5 Å². The second-order valence-electron chi connectivity index (χ2n) is 21.8. The third-order valence-corrected chi connectivity index (χ3v) is 14.7. The van der Waals surface area contributed by atoms with Crippen LogP contribution in [0.3, 0.4) is 0 Å². The fraction of sp³-hybridized carbons (Fsp3) is 0.750. The molecule has 1 aliphatic heterocycles. The number of aliphatic hydroxyl groups excluding tert-OH is 5. The van der Waals surface area contributed by atoms with Crippen LogP contribution in [0.4, 0.5) is 0 Å². The number of allylic oxidation sites excluding steroid dienone is 16. The Morgan fingerprint density at radius 1 is 0.455 bits per heavy atom. The Hall–Kier alpha value is -2.89. The summed E-state index contributed by atoms with van der Waals surface area (Å²) in [5.74, 6) is -0.187. The molecule has 1 saturated heterocycles. The summed E-state index contributed by atoms with van der Waals surface area (Å²) in [6, 6.07) is -0.751. The van der Waals surface area contributed by atoms with Gasteiger partial charge in [0.05, 0.1) is 25.4 Å². The summed E-state index contributed by atoms with van der Waals surface area (Å²) in [5.41, 5.74) is 0. The van der Waals surface area contributed by atoms with Crippen LogP contribution in [0, 0.1) is 0 Å². The molecule has 77 heavy (non-hydrogen) atoms. The van der Waals surface area contributed by atoms with Gasteiger partial charge in [0.1, 0.15) is 24.4 Å². The molecule has 7 atom stereocenters.